The Morgan fingerprint density at radius 1 is 0.282 bits per heavy atom. The zero-order valence-corrected chi connectivity index (χ0v) is 62.4. The average molecular weight is 1380 g/mol. The van der Waals surface area contributed by atoms with Crippen LogP contribution in [0.3, 0.4) is 0 Å². The molecule has 0 spiro atoms. The lowest BCUT2D eigenvalue weighted by Gasteiger charge is -2.43. The Labute approximate surface area is 614 Å². The molecule has 0 saturated heterocycles. The first-order chi connectivity index (χ1) is 49.8. The molecule has 0 bridgehead atoms. The predicted octanol–water partition coefficient (Wildman–Crippen LogP) is 28.7. The molecular weight excluding hydrogens is 1300 g/mol. The Bertz CT molecular complexity index is 6400. The largest absolute Gasteiger partial charge is 0.244 e. The molecule has 500 valence electrons. The highest BCUT2D eigenvalue weighted by Gasteiger charge is 2.39. The molecule has 1 aliphatic rings. The summed E-state index contributed by atoms with van der Waals surface area (Å²) < 4.78 is 0. The van der Waals surface area contributed by atoms with E-state index in [1.54, 1.807) is 39.6 Å². The molecule has 1 aliphatic carbocycles. The summed E-state index contributed by atoms with van der Waals surface area (Å²) >= 11 is 5.31. The average Bonchev–Trinajstić information content (AvgIpc) is 0.899. The number of nitrogens with zero attached hydrogens (tertiary/aromatic N) is 3. The van der Waals surface area contributed by atoms with E-state index in [9.17, 15) is 0 Å². The second kappa shape index (κ2) is 24.6. The van der Waals surface area contributed by atoms with Crippen LogP contribution < -0.4 is 0 Å². The number of benzene rings is 16. The van der Waals surface area contributed by atoms with E-state index in [-0.39, 0.29) is 21.7 Å². The molecule has 0 atom stereocenters. The molecule has 0 saturated carbocycles. The number of thiazole rings is 3. The van der Waals surface area contributed by atoms with Crippen LogP contribution in [-0.4, -0.2) is 15.0 Å². The summed E-state index contributed by atoms with van der Waals surface area (Å²) in [4.78, 5) is 18.2. The van der Waals surface area contributed by atoms with Gasteiger partial charge in [-0.2, -0.15) is 0 Å². The summed E-state index contributed by atoms with van der Waals surface area (Å²) in [6, 6.07) is 93.6. The molecule has 0 aliphatic heterocycles. The lowest BCUT2D eigenvalue weighted by Crippen LogP contribution is -2.34. The molecular formula is C97H79N3S3. The fraction of sp³-hybridized carbons (Fsp3) is 0.165. The minimum Gasteiger partial charge on any atom is -0.244 e. The van der Waals surface area contributed by atoms with Crippen LogP contribution in [0.1, 0.15) is 104 Å². The van der Waals surface area contributed by atoms with Crippen LogP contribution in [0.4, 0.5) is 0 Å². The van der Waals surface area contributed by atoms with E-state index in [0.717, 1.165) is 15.0 Å². The number of fused-ring (bicyclic) bond motifs is 2. The summed E-state index contributed by atoms with van der Waals surface area (Å²) in [5.41, 5.74) is 16.3. The summed E-state index contributed by atoms with van der Waals surface area (Å²) in [5.74, 6) is 0. The molecule has 19 aromatic rings. The molecule has 0 radical (unpaired) electrons. The monoisotopic (exact) mass is 1380 g/mol. The fourth-order valence-electron chi connectivity index (χ4n) is 16.4. The quantitative estimate of drug-likeness (QED) is 0.149. The van der Waals surface area contributed by atoms with E-state index in [1.165, 1.54) is 186 Å². The number of aromatic nitrogens is 3. The van der Waals surface area contributed by atoms with Crippen LogP contribution in [0.5, 0.6) is 0 Å². The Morgan fingerprint density at radius 3 is 1.02 bits per heavy atom. The van der Waals surface area contributed by atoms with Gasteiger partial charge in [0.05, 0.1) is 14.6 Å². The predicted molar refractivity (Wildman–Crippen MR) is 448 cm³/mol. The Balaban J connectivity index is 0.000000111. The molecule has 0 fully saturated rings. The van der Waals surface area contributed by atoms with E-state index in [0.29, 0.717) is 0 Å². The lowest BCUT2D eigenvalue weighted by atomic mass is 9.61. The first-order valence-electron chi connectivity index (χ1n) is 36.1. The molecule has 103 heavy (non-hydrogen) atoms. The van der Waals surface area contributed by atoms with Gasteiger partial charge >= 0.3 is 0 Å². The third-order valence-corrected chi connectivity index (χ3v) is 25.4. The SMILES string of the molecule is CC(C)(C)c1cc2ccc3ccc(-c4ncc(-c5ccccc5)s4)c4ccc(c1)c2c34.CC(C)(C)c1ccc(-c2ccc3ccc4c(-c5ncc(-c6ccccc6)s5)ccc5ccc2c3c54)cc1.CC1(C)CCC(C)(C)c2c1cc1ccc3c(-c4ncc(-c5ccccc5)s4)ccc4ccc2c1c43. The zero-order valence-electron chi connectivity index (χ0n) is 60.0. The van der Waals surface area contributed by atoms with Crippen molar-refractivity contribution in [1.29, 1.82) is 0 Å². The summed E-state index contributed by atoms with van der Waals surface area (Å²) in [7, 11) is 0. The maximum atomic E-state index is 4.88. The van der Waals surface area contributed by atoms with Gasteiger partial charge in [-0.1, -0.05) is 324 Å². The van der Waals surface area contributed by atoms with Crippen LogP contribution in [0.2, 0.25) is 0 Å². The standard InChI is InChI=1S/C35H27NS.C33H29NS.C29H23NS/c1-35(2,3)26-15-9-22(10-16-26)27-17-11-24-13-19-29-30(20-14-25-12-18-28(27)32(24)33(25)29)34-36-21-31(37-34)23-7-5-4-6-8-23;1-32(2)16-17-33(3,4)30-25-15-11-21-10-14-24(23-13-12-22(18-26(30)32)29(25)28(21)23)31-34-19-27(35-31)20-8-6-5-7-9-20;1-29(2,3)22-15-20-10-9-19-11-14-24(23-13-12-21(16-22)26(20)27(19)23)28-30-17-25(31-28)18-7-5-4-6-8-18/h4-21H,1-3H3;5-15,18-19H,16-17H2,1-4H3;4-17H,1-3H3. The van der Waals surface area contributed by atoms with Crippen molar-refractivity contribution in [1.82, 2.24) is 15.0 Å². The van der Waals surface area contributed by atoms with Crippen LogP contribution in [0.15, 0.2) is 273 Å². The first-order valence-corrected chi connectivity index (χ1v) is 38.6. The van der Waals surface area contributed by atoms with Gasteiger partial charge in [-0.3, -0.25) is 0 Å². The maximum Gasteiger partial charge on any atom is 0.124 e. The van der Waals surface area contributed by atoms with Crippen LogP contribution in [0, 0.1) is 0 Å². The second-order valence-corrected chi connectivity index (χ2v) is 34.8. The first kappa shape index (κ1) is 64.6. The number of rotatable bonds is 7. The van der Waals surface area contributed by atoms with Crippen molar-refractivity contribution in [2.45, 2.75) is 104 Å². The third kappa shape index (κ3) is 11.2. The van der Waals surface area contributed by atoms with Crippen molar-refractivity contribution in [2.75, 3.05) is 0 Å². The van der Waals surface area contributed by atoms with Crippen molar-refractivity contribution < 1.29 is 0 Å². The maximum absolute atomic E-state index is 4.88. The topological polar surface area (TPSA) is 38.7 Å². The molecule has 16 aromatic carbocycles. The molecule has 0 unspecified atom stereocenters. The Morgan fingerprint density at radius 2 is 0.602 bits per heavy atom. The van der Waals surface area contributed by atoms with E-state index < -0.39 is 0 Å². The van der Waals surface area contributed by atoms with Crippen molar-refractivity contribution in [3.05, 3.63) is 296 Å². The van der Waals surface area contributed by atoms with Crippen LogP contribution in [-0.2, 0) is 21.7 Å². The highest BCUT2D eigenvalue weighted by Crippen LogP contribution is 2.53. The summed E-state index contributed by atoms with van der Waals surface area (Å²) in [5, 5.41) is 27.2. The van der Waals surface area contributed by atoms with E-state index in [2.05, 4.69) is 324 Å². The highest BCUT2D eigenvalue weighted by atomic mass is 32.1. The van der Waals surface area contributed by atoms with Crippen LogP contribution in [0.25, 0.3) is 171 Å². The molecule has 6 heteroatoms. The van der Waals surface area contributed by atoms with E-state index in [4.69, 9.17) is 15.0 Å². The van der Waals surface area contributed by atoms with Gasteiger partial charge in [-0.05, 0) is 182 Å². The highest BCUT2D eigenvalue weighted by molar-refractivity contribution is 7.19. The normalized spacial score (nSPS) is 13.8. The van der Waals surface area contributed by atoms with Gasteiger partial charge in [0.15, 0.2) is 0 Å². The second-order valence-electron chi connectivity index (χ2n) is 31.7. The van der Waals surface area contributed by atoms with Gasteiger partial charge in [0.2, 0.25) is 0 Å². The summed E-state index contributed by atoms with van der Waals surface area (Å²) in [6.07, 6.45) is 8.49. The van der Waals surface area contributed by atoms with Gasteiger partial charge in [0.1, 0.15) is 15.0 Å². The van der Waals surface area contributed by atoms with Crippen molar-refractivity contribution in [2.24, 2.45) is 0 Å². The van der Waals surface area contributed by atoms with Gasteiger partial charge in [0, 0.05) is 35.3 Å². The molecule has 0 amide bonds. The lowest BCUT2D eigenvalue weighted by molar-refractivity contribution is 0.335. The summed E-state index contributed by atoms with van der Waals surface area (Å²) in [6.45, 7) is 23.4. The minimum absolute atomic E-state index is 0.129. The minimum atomic E-state index is 0.129. The third-order valence-electron chi connectivity index (χ3n) is 22.1. The smallest absolute Gasteiger partial charge is 0.124 e. The molecule has 3 heterocycles. The van der Waals surface area contributed by atoms with E-state index >= 15 is 0 Å². The number of hydrogen-bond acceptors (Lipinski definition) is 6. The van der Waals surface area contributed by atoms with Crippen LogP contribution >= 0.6 is 34.0 Å². The van der Waals surface area contributed by atoms with Crippen molar-refractivity contribution in [3.8, 4) is 74.2 Å². The van der Waals surface area contributed by atoms with Gasteiger partial charge in [-0.25, -0.2) is 15.0 Å². The van der Waals surface area contributed by atoms with Gasteiger partial charge < -0.3 is 0 Å². The van der Waals surface area contributed by atoms with Gasteiger partial charge in [0.25, 0.3) is 0 Å². The van der Waals surface area contributed by atoms with Crippen molar-refractivity contribution in [3.63, 3.8) is 0 Å². The Hall–Kier alpha value is -10.5. The molecule has 3 nitrogen and oxygen atoms in total. The van der Waals surface area contributed by atoms with Crippen molar-refractivity contribution >= 4 is 131 Å². The molecule has 20 rings (SSSR count). The molecule has 0 N–H and O–H groups in total. The zero-order chi connectivity index (χ0) is 70.3. The van der Waals surface area contributed by atoms with Gasteiger partial charge in [-0.15, -0.1) is 34.0 Å². The molecule has 3 aromatic heterocycles. The Kier molecular flexibility index (Phi) is 15.4. The van der Waals surface area contributed by atoms with E-state index in [1.807, 2.05) is 18.6 Å². The number of hydrogen-bond donors (Lipinski definition) is 0. The fourth-order valence-corrected chi connectivity index (χ4v) is 19.3.